The molecule has 0 bridgehead atoms. The van der Waals surface area contributed by atoms with E-state index in [1.807, 2.05) is 76.5 Å². The number of nitrogens with zero attached hydrogens (tertiary/aromatic N) is 2. The molecule has 0 unspecified atom stereocenters. The molecule has 1 fully saturated rings. The molecule has 5 nitrogen and oxygen atoms in total. The van der Waals surface area contributed by atoms with Gasteiger partial charge in [-0.1, -0.05) is 0 Å². The van der Waals surface area contributed by atoms with E-state index in [4.69, 9.17) is 0 Å². The fourth-order valence-electron chi connectivity index (χ4n) is 3.95. The van der Waals surface area contributed by atoms with Gasteiger partial charge in [-0.3, -0.25) is 9.59 Å². The second-order valence-corrected chi connectivity index (χ2v) is 7.80. The molecule has 3 aromatic rings. The van der Waals surface area contributed by atoms with Crippen molar-refractivity contribution in [2.75, 3.05) is 16.8 Å². The number of rotatable bonds is 4. The second-order valence-electron chi connectivity index (χ2n) is 7.80. The zero-order valence-electron chi connectivity index (χ0n) is 16.2. The number of carbonyl (C=O) groups excluding carboxylic acids is 2. The van der Waals surface area contributed by atoms with Crippen LogP contribution < -0.4 is 10.2 Å². The molecule has 29 heavy (non-hydrogen) atoms. The van der Waals surface area contributed by atoms with Gasteiger partial charge >= 0.3 is 0 Å². The fraction of sp³-hybridized carbons (Fsp3) is 0.250. The minimum atomic E-state index is -0.134. The van der Waals surface area contributed by atoms with Gasteiger partial charge in [-0.25, -0.2) is 0 Å². The molecule has 2 aromatic carbocycles. The van der Waals surface area contributed by atoms with Gasteiger partial charge < -0.3 is 14.8 Å². The van der Waals surface area contributed by atoms with Crippen LogP contribution >= 0.6 is 0 Å². The quantitative estimate of drug-likeness (QED) is 0.723. The number of aromatic nitrogens is 1. The van der Waals surface area contributed by atoms with Crippen LogP contribution in [0.2, 0.25) is 0 Å². The Kier molecular flexibility index (Phi) is 4.43. The molecule has 1 N–H and O–H groups in total. The van der Waals surface area contributed by atoms with E-state index in [0.29, 0.717) is 5.56 Å². The third-order valence-electron chi connectivity index (χ3n) is 5.68. The van der Waals surface area contributed by atoms with Crippen LogP contribution in [0.3, 0.4) is 0 Å². The van der Waals surface area contributed by atoms with Crippen LogP contribution in [0.1, 0.15) is 35.2 Å². The second kappa shape index (κ2) is 7.24. The van der Waals surface area contributed by atoms with Crippen LogP contribution in [0.25, 0.3) is 5.69 Å². The summed E-state index contributed by atoms with van der Waals surface area (Å²) in [5.41, 5.74) is 4.53. The Balaban J connectivity index is 1.31. The smallest absolute Gasteiger partial charge is 0.255 e. The molecule has 1 saturated carbocycles. The van der Waals surface area contributed by atoms with Crippen LogP contribution in [-0.2, 0) is 11.2 Å². The predicted octanol–water partition coefficient (Wildman–Crippen LogP) is 4.42. The Morgan fingerprint density at radius 3 is 2.45 bits per heavy atom. The molecule has 1 aliphatic heterocycles. The Morgan fingerprint density at radius 2 is 1.72 bits per heavy atom. The summed E-state index contributed by atoms with van der Waals surface area (Å²) in [6.07, 6.45) is 7.87. The average Bonchev–Trinajstić information content (AvgIpc) is 3.46. The van der Waals surface area contributed by atoms with Gasteiger partial charge in [0.1, 0.15) is 0 Å². The molecular formula is C24H23N3O2. The maximum Gasteiger partial charge on any atom is 0.255 e. The lowest BCUT2D eigenvalue weighted by atomic mass is 10.00. The van der Waals surface area contributed by atoms with E-state index in [1.165, 1.54) is 0 Å². The number of nitrogens with one attached hydrogen (secondary N) is 1. The average molecular weight is 385 g/mol. The van der Waals surface area contributed by atoms with Crippen molar-refractivity contribution in [3.8, 4) is 5.69 Å². The van der Waals surface area contributed by atoms with Gasteiger partial charge in [0.05, 0.1) is 0 Å². The van der Waals surface area contributed by atoms with Crippen molar-refractivity contribution in [3.63, 3.8) is 0 Å². The number of aryl methyl sites for hydroxylation is 1. The Hall–Kier alpha value is -3.34. The van der Waals surface area contributed by atoms with Crippen molar-refractivity contribution >= 4 is 23.2 Å². The minimum absolute atomic E-state index is 0.134. The standard InChI is InChI=1S/C24H23N3O2/c28-23(17-7-10-21(11-8-17)26-13-1-2-14-26)25-20-9-12-22-19(16-20)4-3-15-27(22)24(29)18-5-6-18/h1-2,7-14,16,18H,3-6,15H2,(H,25,28). The van der Waals surface area contributed by atoms with Crippen LogP contribution in [0.15, 0.2) is 67.0 Å². The van der Waals surface area contributed by atoms with Crippen molar-refractivity contribution in [2.45, 2.75) is 25.7 Å². The normalized spacial score (nSPS) is 15.7. The Bertz CT molecular complexity index is 1050. The summed E-state index contributed by atoms with van der Waals surface area (Å²) < 4.78 is 2.00. The van der Waals surface area contributed by atoms with E-state index < -0.39 is 0 Å². The lowest BCUT2D eigenvalue weighted by molar-refractivity contribution is -0.119. The number of amides is 2. The number of carbonyl (C=O) groups is 2. The molecule has 0 atom stereocenters. The summed E-state index contributed by atoms with van der Waals surface area (Å²) in [5.74, 6) is 0.339. The summed E-state index contributed by atoms with van der Waals surface area (Å²) in [6, 6.07) is 17.3. The molecule has 2 amide bonds. The number of benzene rings is 2. The third kappa shape index (κ3) is 3.56. The predicted molar refractivity (Wildman–Crippen MR) is 114 cm³/mol. The van der Waals surface area contributed by atoms with Crippen molar-refractivity contribution in [1.29, 1.82) is 0 Å². The van der Waals surface area contributed by atoms with Crippen molar-refractivity contribution in [2.24, 2.45) is 5.92 Å². The SMILES string of the molecule is O=C(Nc1ccc2c(c1)CCCN2C(=O)C1CC1)c1ccc(-n2cccc2)cc1. The van der Waals surface area contributed by atoms with Crippen molar-refractivity contribution in [3.05, 3.63) is 78.1 Å². The first-order valence-electron chi connectivity index (χ1n) is 10.2. The highest BCUT2D eigenvalue weighted by Gasteiger charge is 2.35. The van der Waals surface area contributed by atoms with Gasteiger partial charge in [0.2, 0.25) is 5.91 Å². The van der Waals surface area contributed by atoms with Gasteiger partial charge in [0.15, 0.2) is 0 Å². The lowest BCUT2D eigenvalue weighted by Crippen LogP contribution is -2.36. The van der Waals surface area contributed by atoms with E-state index >= 15 is 0 Å². The van der Waals surface area contributed by atoms with E-state index in [2.05, 4.69) is 5.32 Å². The molecule has 146 valence electrons. The Labute approximate surface area is 170 Å². The van der Waals surface area contributed by atoms with Crippen LogP contribution in [0.5, 0.6) is 0 Å². The molecule has 2 aliphatic rings. The fourth-order valence-corrected chi connectivity index (χ4v) is 3.95. The van der Waals surface area contributed by atoms with Gasteiger partial charge in [0, 0.05) is 47.5 Å². The zero-order valence-corrected chi connectivity index (χ0v) is 16.2. The molecule has 0 saturated heterocycles. The summed E-state index contributed by atoms with van der Waals surface area (Å²) in [4.78, 5) is 27.1. The van der Waals surface area contributed by atoms with Crippen LogP contribution in [-0.4, -0.2) is 22.9 Å². The Morgan fingerprint density at radius 1 is 0.966 bits per heavy atom. The highest BCUT2D eigenvalue weighted by atomic mass is 16.2. The molecule has 5 rings (SSSR count). The van der Waals surface area contributed by atoms with Crippen molar-refractivity contribution in [1.82, 2.24) is 4.57 Å². The number of anilines is 2. The summed E-state index contributed by atoms with van der Waals surface area (Å²) >= 11 is 0. The maximum atomic E-state index is 12.7. The van der Waals surface area contributed by atoms with Gasteiger partial charge in [-0.15, -0.1) is 0 Å². The molecule has 0 radical (unpaired) electrons. The highest BCUT2D eigenvalue weighted by Crippen LogP contribution is 2.36. The third-order valence-corrected chi connectivity index (χ3v) is 5.68. The molecule has 5 heteroatoms. The van der Waals surface area contributed by atoms with Crippen molar-refractivity contribution < 1.29 is 9.59 Å². The highest BCUT2D eigenvalue weighted by molar-refractivity contribution is 6.05. The van der Waals surface area contributed by atoms with Crippen LogP contribution in [0.4, 0.5) is 11.4 Å². The topological polar surface area (TPSA) is 54.3 Å². The van der Waals surface area contributed by atoms with E-state index in [-0.39, 0.29) is 17.7 Å². The first-order chi connectivity index (χ1) is 14.2. The van der Waals surface area contributed by atoms with Crippen LogP contribution in [0, 0.1) is 5.92 Å². The summed E-state index contributed by atoms with van der Waals surface area (Å²) in [5, 5.41) is 2.99. The molecule has 1 aliphatic carbocycles. The van der Waals surface area contributed by atoms with Gasteiger partial charge in [0.25, 0.3) is 5.91 Å². The minimum Gasteiger partial charge on any atom is -0.324 e. The first kappa shape index (κ1) is 17.7. The molecule has 0 spiro atoms. The summed E-state index contributed by atoms with van der Waals surface area (Å²) in [7, 11) is 0. The number of hydrogen-bond donors (Lipinski definition) is 1. The summed E-state index contributed by atoms with van der Waals surface area (Å²) in [6.45, 7) is 0.793. The van der Waals surface area contributed by atoms with E-state index in [0.717, 1.165) is 54.9 Å². The zero-order chi connectivity index (χ0) is 19.8. The largest absolute Gasteiger partial charge is 0.324 e. The maximum absolute atomic E-state index is 12.7. The molecule has 2 heterocycles. The number of fused-ring (bicyclic) bond motifs is 1. The molecule has 1 aromatic heterocycles. The first-order valence-corrected chi connectivity index (χ1v) is 10.2. The van der Waals surface area contributed by atoms with Gasteiger partial charge in [-0.05, 0) is 85.8 Å². The van der Waals surface area contributed by atoms with E-state index in [9.17, 15) is 9.59 Å². The van der Waals surface area contributed by atoms with Gasteiger partial charge in [-0.2, -0.15) is 0 Å². The monoisotopic (exact) mass is 385 g/mol. The number of hydrogen-bond acceptors (Lipinski definition) is 2. The molecular weight excluding hydrogens is 362 g/mol. The van der Waals surface area contributed by atoms with E-state index in [1.54, 1.807) is 0 Å². The lowest BCUT2D eigenvalue weighted by Gasteiger charge is -2.30.